The first kappa shape index (κ1) is 56.2. The summed E-state index contributed by atoms with van der Waals surface area (Å²) in [5.74, 6) is 4.22. The number of carbonyl (C=O) groups is 5. The monoisotopic (exact) mass is 1210 g/mol. The molecule has 2 radical (unpaired) electrons. The molecule has 2 heterocycles. The predicted molar refractivity (Wildman–Crippen MR) is 273 cm³/mol. The maximum atomic E-state index is 12.9. The first-order valence-electron chi connectivity index (χ1n) is 27.9. The number of aliphatic carboxylic acids is 1. The van der Waals surface area contributed by atoms with Gasteiger partial charge in [-0.25, -0.2) is 0 Å². The van der Waals surface area contributed by atoms with Crippen molar-refractivity contribution < 1.29 is 87.8 Å². The third-order valence-corrected chi connectivity index (χ3v) is 26.2. The second-order valence-corrected chi connectivity index (χ2v) is 32.2. The van der Waals surface area contributed by atoms with Crippen LogP contribution >= 0.6 is 0 Å². The Labute approximate surface area is 464 Å². The summed E-state index contributed by atoms with van der Waals surface area (Å²) in [5, 5.41) is 40.8. The van der Waals surface area contributed by atoms with E-state index in [0.717, 1.165) is 93.3 Å². The van der Waals surface area contributed by atoms with Crippen LogP contribution in [0.1, 0.15) is 178 Å². The summed E-state index contributed by atoms with van der Waals surface area (Å²) in [6.07, 6.45) is 19.2. The summed E-state index contributed by atoms with van der Waals surface area (Å²) in [6.45, 7) is 11.4. The van der Waals surface area contributed by atoms with Crippen molar-refractivity contribution in [2.45, 2.75) is 173 Å². The number of fused-ring (bicyclic) bond motifs is 2. The number of carboxylic acid groups (broad SMARTS) is 1. The third kappa shape index (κ3) is 9.68. The molecule has 12 aliphatic carbocycles. The van der Waals surface area contributed by atoms with E-state index in [1.165, 1.54) is 67.6 Å². The molecule has 4 N–H and O–H groups in total. The van der Waals surface area contributed by atoms with Gasteiger partial charge in [0, 0.05) is 45.6 Å². The fraction of sp³-hybridized carbons (Fsp3) is 0.712. The minimum Gasteiger partial charge on any atom is -0.481 e. The number of hydrogen-bond acceptors (Lipinski definition) is 9. The Hall–Kier alpha value is -2.51. The summed E-state index contributed by atoms with van der Waals surface area (Å²) in [7, 11) is -1.89. The zero-order chi connectivity index (χ0) is 50.9. The van der Waals surface area contributed by atoms with Crippen molar-refractivity contribution in [2.24, 2.45) is 75.4 Å². The molecule has 14 aliphatic rings. The van der Waals surface area contributed by atoms with Gasteiger partial charge in [0.1, 0.15) is 0 Å². The summed E-state index contributed by atoms with van der Waals surface area (Å²) in [5.41, 5.74) is 1.37. The van der Waals surface area contributed by atoms with Gasteiger partial charge >= 0.3 is 5.97 Å². The molecule has 2 aromatic rings. The normalized spacial score (nSPS) is 36.6. The molecule has 4 amide bonds. The molecule has 12 nitrogen and oxygen atoms in total. The van der Waals surface area contributed by atoms with Gasteiger partial charge in [-0.05, 0) is 227 Å². The summed E-state index contributed by atoms with van der Waals surface area (Å²) in [6, 6.07) is 12.6. The fourth-order valence-corrected chi connectivity index (χ4v) is 20.0. The van der Waals surface area contributed by atoms with Gasteiger partial charge in [-0.3, -0.25) is 33.8 Å². The van der Waals surface area contributed by atoms with Crippen molar-refractivity contribution in [3.05, 3.63) is 70.8 Å². The van der Waals surface area contributed by atoms with Gasteiger partial charge in [-0.15, -0.1) is 0 Å². The minimum atomic E-state index is -1.89. The zero-order valence-corrected chi connectivity index (χ0v) is 48.3. The standard InChI is InChI=1S/C20H23NO4.C20H23NO3.C19H34O3Si.2Rh/c22-17-14-3-1-2-4-15(14)18(23)21(17)16(19(24)25)20-8-11-5-12(9-20)7-13(6-11)10-20;22-11-17(20-8-12-5-13(9-20)7-14(6-12)10-20)21-18(23)15-3-1-2-4-16(15)19(21)24;1-18(2,3)23(4,5)22-12-16(17(20)21)19-9-13-6-14(10-19)8-15(7-13)11-19;;/h1-4,11-13,16,19,24-25H,5-10H2;1-4,12-14,17,22H,5-11H2;13-16H,6-12H2,1-5H3,(H,20,21);;/t11?,12?,13?,16-,20?;12?,13?,14?,17-,20?;13?,14?,15?,16-,19?;;/m110../s1. The van der Waals surface area contributed by atoms with Crippen LogP contribution in [-0.4, -0.2) is 99.7 Å². The van der Waals surface area contributed by atoms with E-state index < -0.39 is 26.6 Å². The molecule has 16 rings (SSSR count). The molecule has 12 saturated carbocycles. The van der Waals surface area contributed by atoms with Crippen LogP contribution in [-0.2, 0) is 48.2 Å². The van der Waals surface area contributed by atoms with E-state index >= 15 is 0 Å². The first-order chi connectivity index (χ1) is 34.1. The molecule has 408 valence electrons. The Morgan fingerprint density at radius 2 is 0.865 bits per heavy atom. The number of amides is 4. The number of carbonyl (C=O) groups excluding carboxylic acids is 4. The number of aliphatic hydroxyl groups excluding tert-OH is 2. The molecule has 0 saturated heterocycles. The number of hydrogen-bond donors (Lipinski definition) is 4. The van der Waals surface area contributed by atoms with Crippen LogP contribution in [0.15, 0.2) is 48.5 Å². The second-order valence-electron chi connectivity index (χ2n) is 27.4. The number of imide groups is 2. The number of aliphatic hydroxyl groups is 3. The molecule has 12 fully saturated rings. The van der Waals surface area contributed by atoms with Crippen molar-refractivity contribution in [1.82, 2.24) is 9.80 Å². The van der Waals surface area contributed by atoms with Gasteiger partial charge in [-0.2, -0.15) is 0 Å². The Morgan fingerprint density at radius 1 is 0.568 bits per heavy atom. The topological polar surface area (TPSA) is 182 Å². The van der Waals surface area contributed by atoms with Crippen molar-refractivity contribution in [3.8, 4) is 0 Å². The third-order valence-electron chi connectivity index (χ3n) is 21.7. The molecule has 0 unspecified atom stereocenters. The van der Waals surface area contributed by atoms with Crippen LogP contribution in [0.3, 0.4) is 0 Å². The average Bonchev–Trinajstić information content (AvgIpc) is 3.68. The molecule has 2 aliphatic heterocycles. The van der Waals surface area contributed by atoms with Crippen LogP contribution in [0.5, 0.6) is 0 Å². The van der Waals surface area contributed by atoms with Crippen LogP contribution < -0.4 is 0 Å². The smallest absolute Gasteiger partial charge is 0.309 e. The molecule has 0 aromatic heterocycles. The van der Waals surface area contributed by atoms with E-state index in [9.17, 15) is 44.4 Å². The molecular formula is C59H80N2O10Rh2Si. The summed E-state index contributed by atoms with van der Waals surface area (Å²) < 4.78 is 6.36. The van der Waals surface area contributed by atoms with Crippen LogP contribution in [0.4, 0.5) is 0 Å². The van der Waals surface area contributed by atoms with Crippen molar-refractivity contribution in [2.75, 3.05) is 13.2 Å². The Balaban J connectivity index is 0.000000135. The van der Waals surface area contributed by atoms with Crippen molar-refractivity contribution in [1.29, 1.82) is 0 Å². The second kappa shape index (κ2) is 20.6. The minimum absolute atomic E-state index is 0. The molecule has 15 heteroatoms. The first-order valence-corrected chi connectivity index (χ1v) is 30.8. The van der Waals surface area contributed by atoms with Crippen LogP contribution in [0, 0.1) is 75.4 Å². The van der Waals surface area contributed by atoms with Gasteiger partial charge in [0.25, 0.3) is 23.6 Å². The largest absolute Gasteiger partial charge is 0.481 e. The quantitative estimate of drug-likeness (QED) is 0.0961. The van der Waals surface area contributed by atoms with E-state index in [4.69, 9.17) is 4.43 Å². The van der Waals surface area contributed by atoms with E-state index in [2.05, 4.69) is 33.9 Å². The summed E-state index contributed by atoms with van der Waals surface area (Å²) >= 11 is 0. The Kier molecular flexibility index (Phi) is 15.7. The number of benzene rings is 2. The molecule has 3 atom stereocenters. The van der Waals surface area contributed by atoms with E-state index in [-0.39, 0.29) is 102 Å². The van der Waals surface area contributed by atoms with Crippen LogP contribution in [0.25, 0.3) is 0 Å². The maximum absolute atomic E-state index is 12.9. The Bertz CT molecular complexity index is 2330. The number of rotatable bonds is 11. The van der Waals surface area contributed by atoms with E-state index in [1.807, 2.05) is 0 Å². The van der Waals surface area contributed by atoms with Crippen LogP contribution in [0.2, 0.25) is 18.1 Å². The molecule has 2 aromatic carbocycles. The van der Waals surface area contributed by atoms with Gasteiger partial charge in [0.2, 0.25) is 0 Å². The number of nitrogens with zero attached hydrogens (tertiary/aromatic N) is 2. The van der Waals surface area contributed by atoms with Gasteiger partial charge < -0.3 is 24.9 Å². The van der Waals surface area contributed by atoms with Gasteiger partial charge in [0.15, 0.2) is 14.6 Å². The van der Waals surface area contributed by atoms with E-state index in [0.29, 0.717) is 46.6 Å². The molecule has 0 spiro atoms. The summed E-state index contributed by atoms with van der Waals surface area (Å²) in [4.78, 5) is 66.3. The van der Waals surface area contributed by atoms with Crippen molar-refractivity contribution >= 4 is 37.9 Å². The predicted octanol–water partition coefficient (Wildman–Crippen LogP) is 9.96. The molecular weight excluding hydrogens is 1130 g/mol. The van der Waals surface area contributed by atoms with Gasteiger partial charge in [-0.1, -0.05) is 45.0 Å². The Morgan fingerprint density at radius 3 is 1.15 bits per heavy atom. The SMILES string of the molecule is CC(C)(C)[Si](C)(C)OC[C@@H](C(=O)O)C12CC3CC(CC(C3)C1)C2.O=C1c2ccccc2C(=O)N1[C@H](C(O)O)C12CC3CC(CC(C3)C1)C2.O=C1c2ccccc2C(=O)N1[C@H](CO)C12CC3CC(CC(C3)C1)C2.[Rh].[Rh]. The zero-order valence-electron chi connectivity index (χ0n) is 44.1. The number of carboxylic acids is 1. The van der Waals surface area contributed by atoms with Crippen molar-refractivity contribution in [3.63, 3.8) is 0 Å². The average molecular weight is 1210 g/mol. The fourth-order valence-electron chi connectivity index (χ4n) is 19.0. The van der Waals surface area contributed by atoms with E-state index in [1.54, 1.807) is 48.5 Å². The molecule has 74 heavy (non-hydrogen) atoms. The van der Waals surface area contributed by atoms with Gasteiger partial charge in [0.05, 0.1) is 46.9 Å². The molecule has 12 bridgehead atoms. The maximum Gasteiger partial charge on any atom is 0.309 e.